The second-order valence-corrected chi connectivity index (χ2v) is 5.27. The highest BCUT2D eigenvalue weighted by atomic mass is 16.5. The molecule has 108 valence electrons. The lowest BCUT2D eigenvalue weighted by atomic mass is 10.1. The minimum absolute atomic E-state index is 0.138. The van der Waals surface area contributed by atoms with Crippen LogP contribution in [0.2, 0.25) is 0 Å². The van der Waals surface area contributed by atoms with Gasteiger partial charge in [0.25, 0.3) is 0 Å². The van der Waals surface area contributed by atoms with Crippen LogP contribution in [0.15, 0.2) is 24.3 Å². The Hall–Kier alpha value is -1.57. The van der Waals surface area contributed by atoms with Crippen LogP contribution in [0.25, 0.3) is 0 Å². The van der Waals surface area contributed by atoms with Gasteiger partial charge in [0.05, 0.1) is 24.4 Å². The van der Waals surface area contributed by atoms with Crippen molar-refractivity contribution < 1.29 is 4.74 Å². The number of hydrogen-bond donors (Lipinski definition) is 1. The van der Waals surface area contributed by atoms with Gasteiger partial charge in [-0.25, -0.2) is 5.43 Å². The van der Waals surface area contributed by atoms with Crippen molar-refractivity contribution in [2.24, 2.45) is 0 Å². The highest BCUT2D eigenvalue weighted by molar-refractivity contribution is 5.58. The summed E-state index contributed by atoms with van der Waals surface area (Å²) in [6.45, 7) is 2.81. The number of para-hydroxylation sites is 1. The molecule has 0 fully saturated rings. The molecule has 1 aromatic rings. The van der Waals surface area contributed by atoms with Crippen LogP contribution in [0.1, 0.15) is 31.7 Å². The molecule has 2 rings (SSSR count). The molecule has 20 heavy (non-hydrogen) atoms. The largest absolute Gasteiger partial charge is 0.382 e. The van der Waals surface area contributed by atoms with Crippen LogP contribution in [0, 0.1) is 11.3 Å². The van der Waals surface area contributed by atoms with E-state index in [1.54, 1.807) is 7.11 Å². The summed E-state index contributed by atoms with van der Waals surface area (Å²) in [6.07, 6.45) is 4.02. The Morgan fingerprint density at radius 3 is 3.00 bits per heavy atom. The topological polar surface area (TPSA) is 48.3 Å². The first-order chi connectivity index (χ1) is 9.80. The molecule has 4 nitrogen and oxygen atoms in total. The molecule has 0 aromatic heterocycles. The third kappa shape index (κ3) is 3.30. The summed E-state index contributed by atoms with van der Waals surface area (Å²) in [4.78, 5) is 0. The molecule has 1 aliphatic heterocycles. The Balaban J connectivity index is 2.11. The number of hydrogen-bond acceptors (Lipinski definition) is 4. The van der Waals surface area contributed by atoms with E-state index >= 15 is 0 Å². The predicted octanol–water partition coefficient (Wildman–Crippen LogP) is 2.65. The van der Waals surface area contributed by atoms with E-state index in [4.69, 9.17) is 4.74 Å². The zero-order valence-electron chi connectivity index (χ0n) is 12.3. The number of methoxy groups -OCH3 is 1. The number of nitriles is 1. The van der Waals surface area contributed by atoms with Crippen LogP contribution in [-0.4, -0.2) is 25.8 Å². The maximum atomic E-state index is 9.31. The summed E-state index contributed by atoms with van der Waals surface area (Å²) in [5.74, 6) is 0. The van der Waals surface area contributed by atoms with Crippen molar-refractivity contribution in [3.8, 4) is 6.07 Å². The van der Waals surface area contributed by atoms with Gasteiger partial charge in [-0.05, 0) is 24.5 Å². The molecule has 2 atom stereocenters. The fraction of sp³-hybridized carbons (Fsp3) is 0.562. The van der Waals surface area contributed by atoms with E-state index in [9.17, 15) is 5.26 Å². The van der Waals surface area contributed by atoms with E-state index < -0.39 is 0 Å². The molecule has 1 aromatic carbocycles. The van der Waals surface area contributed by atoms with Crippen molar-refractivity contribution in [1.29, 1.82) is 5.26 Å². The van der Waals surface area contributed by atoms with Gasteiger partial charge in [-0.3, -0.25) is 0 Å². The lowest BCUT2D eigenvalue weighted by molar-refractivity contribution is 0.174. The Kier molecular flexibility index (Phi) is 5.40. The van der Waals surface area contributed by atoms with E-state index in [0.29, 0.717) is 6.61 Å². The SMILES string of the molecule is CCCC[C@H](C#N)NN1c2ccccc2C[C@H]1COC. The van der Waals surface area contributed by atoms with Gasteiger partial charge in [-0.1, -0.05) is 38.0 Å². The highest BCUT2D eigenvalue weighted by Crippen LogP contribution is 2.30. The van der Waals surface area contributed by atoms with Crippen LogP contribution in [0.3, 0.4) is 0 Å². The number of ether oxygens (including phenoxy) is 1. The normalized spacial score (nSPS) is 18.6. The fourth-order valence-corrected chi connectivity index (χ4v) is 2.70. The molecule has 0 spiro atoms. The van der Waals surface area contributed by atoms with Crippen LogP contribution in [-0.2, 0) is 11.2 Å². The standard InChI is InChI=1S/C16H23N3O/c1-3-4-8-14(11-17)18-19-15(12-20-2)10-13-7-5-6-9-16(13)19/h5-7,9,14-15,18H,3-4,8,10,12H2,1-2H3/t14-,15+/m1/s1. The van der Waals surface area contributed by atoms with Crippen molar-refractivity contribution in [2.75, 3.05) is 18.7 Å². The molecule has 0 unspecified atom stereocenters. The molecule has 1 heterocycles. The molecule has 1 aliphatic rings. The van der Waals surface area contributed by atoms with Gasteiger partial charge in [0, 0.05) is 7.11 Å². The van der Waals surface area contributed by atoms with Crippen molar-refractivity contribution in [3.05, 3.63) is 29.8 Å². The maximum Gasteiger partial charge on any atom is 0.113 e. The zero-order chi connectivity index (χ0) is 14.4. The molecule has 0 radical (unpaired) electrons. The number of rotatable bonds is 7. The molecular formula is C16H23N3O. The first-order valence-electron chi connectivity index (χ1n) is 7.32. The average Bonchev–Trinajstić information content (AvgIpc) is 2.81. The van der Waals surface area contributed by atoms with Crippen LogP contribution >= 0.6 is 0 Å². The minimum atomic E-state index is -0.138. The molecule has 1 N–H and O–H groups in total. The van der Waals surface area contributed by atoms with Gasteiger partial charge in [0.1, 0.15) is 6.04 Å². The van der Waals surface area contributed by atoms with Gasteiger partial charge >= 0.3 is 0 Å². The van der Waals surface area contributed by atoms with Crippen molar-refractivity contribution in [3.63, 3.8) is 0 Å². The first kappa shape index (κ1) is 14.8. The molecular weight excluding hydrogens is 250 g/mol. The molecule has 0 saturated heterocycles. The number of fused-ring (bicyclic) bond motifs is 1. The third-order valence-electron chi connectivity index (χ3n) is 3.73. The molecule has 0 saturated carbocycles. The van der Waals surface area contributed by atoms with E-state index in [2.05, 4.69) is 41.6 Å². The monoisotopic (exact) mass is 273 g/mol. The van der Waals surface area contributed by atoms with E-state index in [1.165, 1.54) is 11.3 Å². The second kappa shape index (κ2) is 7.28. The molecule has 0 amide bonds. The Labute approximate surface area is 121 Å². The van der Waals surface area contributed by atoms with Gasteiger partial charge in [-0.2, -0.15) is 5.26 Å². The maximum absolute atomic E-state index is 9.31. The molecule has 0 aliphatic carbocycles. The summed E-state index contributed by atoms with van der Waals surface area (Å²) in [5.41, 5.74) is 5.87. The van der Waals surface area contributed by atoms with Crippen LogP contribution < -0.4 is 10.4 Å². The van der Waals surface area contributed by atoms with Gasteiger partial charge < -0.3 is 9.75 Å². The number of hydrazine groups is 1. The zero-order valence-corrected chi connectivity index (χ0v) is 12.3. The average molecular weight is 273 g/mol. The summed E-state index contributed by atoms with van der Waals surface area (Å²) in [5, 5.41) is 11.4. The van der Waals surface area contributed by atoms with Crippen molar-refractivity contribution in [2.45, 2.75) is 44.7 Å². The second-order valence-electron chi connectivity index (χ2n) is 5.27. The Morgan fingerprint density at radius 2 is 2.30 bits per heavy atom. The van der Waals surface area contributed by atoms with E-state index in [-0.39, 0.29) is 12.1 Å². The minimum Gasteiger partial charge on any atom is -0.382 e. The Bertz CT molecular complexity index is 469. The summed E-state index contributed by atoms with van der Waals surface area (Å²) < 4.78 is 5.32. The van der Waals surface area contributed by atoms with Crippen molar-refractivity contribution in [1.82, 2.24) is 5.43 Å². The first-order valence-corrected chi connectivity index (χ1v) is 7.32. The van der Waals surface area contributed by atoms with E-state index in [1.807, 2.05) is 6.07 Å². The third-order valence-corrected chi connectivity index (χ3v) is 3.73. The fourth-order valence-electron chi connectivity index (χ4n) is 2.70. The summed E-state index contributed by atoms with van der Waals surface area (Å²) in [6, 6.07) is 10.8. The predicted molar refractivity (Wildman–Crippen MR) is 80.4 cm³/mol. The van der Waals surface area contributed by atoms with E-state index in [0.717, 1.165) is 25.7 Å². The summed E-state index contributed by atoms with van der Waals surface area (Å²) in [7, 11) is 1.72. The smallest absolute Gasteiger partial charge is 0.113 e. The van der Waals surface area contributed by atoms with Crippen LogP contribution in [0.5, 0.6) is 0 Å². The quantitative estimate of drug-likeness (QED) is 0.829. The number of unbranched alkanes of at least 4 members (excludes halogenated alkanes) is 1. The Morgan fingerprint density at radius 1 is 1.50 bits per heavy atom. The lowest BCUT2D eigenvalue weighted by Crippen LogP contribution is -2.50. The van der Waals surface area contributed by atoms with Crippen LogP contribution in [0.4, 0.5) is 5.69 Å². The van der Waals surface area contributed by atoms with Crippen molar-refractivity contribution >= 4 is 5.69 Å². The highest BCUT2D eigenvalue weighted by Gasteiger charge is 2.30. The number of nitrogens with one attached hydrogen (secondary N) is 1. The molecule has 0 bridgehead atoms. The van der Waals surface area contributed by atoms with Gasteiger partial charge in [-0.15, -0.1) is 0 Å². The summed E-state index contributed by atoms with van der Waals surface area (Å²) >= 11 is 0. The lowest BCUT2D eigenvalue weighted by Gasteiger charge is -2.30. The number of nitrogens with zero attached hydrogens (tertiary/aromatic N) is 2. The number of anilines is 1. The van der Waals surface area contributed by atoms with Gasteiger partial charge in [0.2, 0.25) is 0 Å². The van der Waals surface area contributed by atoms with Gasteiger partial charge in [0.15, 0.2) is 0 Å². The molecule has 4 heteroatoms. The number of benzene rings is 1.